The van der Waals surface area contributed by atoms with Gasteiger partial charge in [0.2, 0.25) is 0 Å². The van der Waals surface area contributed by atoms with E-state index in [1.165, 1.54) is 14.2 Å². The number of nitrogens with one attached hydrogen (secondary N) is 1. The quantitative estimate of drug-likeness (QED) is 0.547. The molecule has 0 spiro atoms. The minimum atomic E-state index is -0.522. The van der Waals surface area contributed by atoms with Crippen molar-refractivity contribution >= 4 is 17.7 Å². The molecule has 0 aliphatic carbocycles. The van der Waals surface area contributed by atoms with Gasteiger partial charge in [0.05, 0.1) is 47.0 Å². The first kappa shape index (κ1) is 25.0. The Kier molecular flexibility index (Phi) is 8.45. The standard InChI is InChI=1S/C25H32N2O7/c1-6-33-22-12-16-10-11-27(19(15-24(28)32-5)18(16)14-23(22)34-7-2)25(29)26-17-8-9-20(30-3)21(13-17)31-4/h8-9,12-14,19H,6-7,10-11,15H2,1-5H3,(H,26,29)/t19-/m0/s1. The molecule has 184 valence electrons. The summed E-state index contributed by atoms with van der Waals surface area (Å²) in [5.41, 5.74) is 2.40. The summed E-state index contributed by atoms with van der Waals surface area (Å²) in [6, 6.07) is 8.09. The summed E-state index contributed by atoms with van der Waals surface area (Å²) in [6.45, 7) is 5.20. The van der Waals surface area contributed by atoms with Crippen LogP contribution in [0.3, 0.4) is 0 Å². The number of methoxy groups -OCH3 is 3. The first-order valence-corrected chi connectivity index (χ1v) is 11.2. The van der Waals surface area contributed by atoms with Gasteiger partial charge < -0.3 is 33.9 Å². The number of amides is 2. The van der Waals surface area contributed by atoms with Crippen LogP contribution in [0.2, 0.25) is 0 Å². The zero-order valence-corrected chi connectivity index (χ0v) is 20.3. The Hall–Kier alpha value is -3.62. The lowest BCUT2D eigenvalue weighted by Gasteiger charge is -2.37. The van der Waals surface area contributed by atoms with Gasteiger partial charge in [-0.05, 0) is 55.7 Å². The molecule has 0 aromatic heterocycles. The van der Waals surface area contributed by atoms with Crippen LogP contribution in [-0.2, 0) is 16.0 Å². The van der Waals surface area contributed by atoms with Crippen molar-refractivity contribution in [1.29, 1.82) is 0 Å². The zero-order valence-electron chi connectivity index (χ0n) is 20.3. The topological polar surface area (TPSA) is 95.6 Å². The highest BCUT2D eigenvalue weighted by Crippen LogP contribution is 2.40. The summed E-state index contributed by atoms with van der Waals surface area (Å²) >= 11 is 0. The second-order valence-corrected chi connectivity index (χ2v) is 7.60. The Morgan fingerprint density at radius 1 is 0.941 bits per heavy atom. The van der Waals surface area contributed by atoms with Crippen molar-refractivity contribution < 1.29 is 33.3 Å². The Balaban J connectivity index is 1.94. The van der Waals surface area contributed by atoms with Gasteiger partial charge in [0.15, 0.2) is 23.0 Å². The molecule has 9 heteroatoms. The van der Waals surface area contributed by atoms with E-state index >= 15 is 0 Å². The number of urea groups is 1. The Bertz CT molecular complexity index is 1020. The van der Waals surface area contributed by atoms with Gasteiger partial charge >= 0.3 is 12.0 Å². The molecule has 34 heavy (non-hydrogen) atoms. The third-order valence-electron chi connectivity index (χ3n) is 5.65. The van der Waals surface area contributed by atoms with Crippen molar-refractivity contribution in [1.82, 2.24) is 4.90 Å². The summed E-state index contributed by atoms with van der Waals surface area (Å²) in [7, 11) is 4.42. The van der Waals surface area contributed by atoms with Gasteiger partial charge in [-0.15, -0.1) is 0 Å². The average Bonchev–Trinajstić information content (AvgIpc) is 2.84. The lowest BCUT2D eigenvalue weighted by atomic mass is 9.90. The molecule has 0 radical (unpaired) electrons. The van der Waals surface area contributed by atoms with Crippen molar-refractivity contribution in [3.05, 3.63) is 41.5 Å². The van der Waals surface area contributed by atoms with E-state index in [2.05, 4.69) is 5.32 Å². The minimum absolute atomic E-state index is 0.0163. The summed E-state index contributed by atoms with van der Waals surface area (Å²) in [4.78, 5) is 27.3. The van der Waals surface area contributed by atoms with E-state index in [9.17, 15) is 9.59 Å². The summed E-state index contributed by atoms with van der Waals surface area (Å²) in [5.74, 6) is 1.89. The molecular formula is C25H32N2O7. The zero-order chi connectivity index (χ0) is 24.7. The van der Waals surface area contributed by atoms with Crippen LogP contribution >= 0.6 is 0 Å². The number of rotatable bonds is 9. The second-order valence-electron chi connectivity index (χ2n) is 7.60. The van der Waals surface area contributed by atoms with Crippen LogP contribution in [-0.4, -0.2) is 58.0 Å². The van der Waals surface area contributed by atoms with E-state index in [-0.39, 0.29) is 12.5 Å². The molecule has 1 atom stereocenters. The number of carbonyl (C=O) groups excluding carboxylic acids is 2. The molecule has 0 fully saturated rings. The third kappa shape index (κ3) is 5.47. The SMILES string of the molecule is CCOc1cc2c(cc1OCC)[C@H](CC(=O)OC)N(C(=O)Nc1ccc(OC)c(OC)c1)CC2. The van der Waals surface area contributed by atoms with E-state index in [1.54, 1.807) is 30.2 Å². The highest BCUT2D eigenvalue weighted by atomic mass is 16.5. The van der Waals surface area contributed by atoms with Gasteiger partial charge in [-0.1, -0.05) is 0 Å². The summed E-state index contributed by atoms with van der Waals surface area (Å²) in [5, 5.41) is 2.90. The first-order chi connectivity index (χ1) is 16.4. The number of ether oxygens (including phenoxy) is 5. The van der Waals surface area contributed by atoms with Crippen molar-refractivity contribution in [2.45, 2.75) is 32.7 Å². The highest BCUT2D eigenvalue weighted by Gasteiger charge is 2.34. The molecule has 0 saturated carbocycles. The van der Waals surface area contributed by atoms with Crippen molar-refractivity contribution in [2.24, 2.45) is 0 Å². The monoisotopic (exact) mass is 472 g/mol. The van der Waals surface area contributed by atoms with E-state index in [0.717, 1.165) is 11.1 Å². The van der Waals surface area contributed by atoms with Crippen molar-refractivity contribution in [3.63, 3.8) is 0 Å². The maximum absolute atomic E-state index is 13.3. The molecule has 1 heterocycles. The maximum Gasteiger partial charge on any atom is 0.322 e. The molecule has 3 rings (SSSR count). The minimum Gasteiger partial charge on any atom is -0.493 e. The Morgan fingerprint density at radius 3 is 2.24 bits per heavy atom. The average molecular weight is 473 g/mol. The van der Waals surface area contributed by atoms with Crippen LogP contribution in [0.25, 0.3) is 0 Å². The molecule has 2 aromatic rings. The van der Waals surface area contributed by atoms with Gasteiger partial charge in [-0.3, -0.25) is 4.79 Å². The predicted molar refractivity (Wildman–Crippen MR) is 127 cm³/mol. The Labute approximate surface area is 199 Å². The summed E-state index contributed by atoms with van der Waals surface area (Å²) in [6.07, 6.45) is 0.626. The highest BCUT2D eigenvalue weighted by molar-refractivity contribution is 5.90. The van der Waals surface area contributed by atoms with Gasteiger partial charge in [0, 0.05) is 18.3 Å². The predicted octanol–water partition coefficient (Wildman–Crippen LogP) is 4.20. The molecule has 2 amide bonds. The lowest BCUT2D eigenvalue weighted by Crippen LogP contribution is -2.43. The van der Waals surface area contributed by atoms with Crippen LogP contribution in [0.1, 0.15) is 37.4 Å². The number of anilines is 1. The smallest absolute Gasteiger partial charge is 0.322 e. The number of benzene rings is 2. The summed E-state index contributed by atoms with van der Waals surface area (Å²) < 4.78 is 27.1. The molecular weight excluding hydrogens is 440 g/mol. The molecule has 1 N–H and O–H groups in total. The van der Waals surface area contributed by atoms with Crippen molar-refractivity contribution in [3.8, 4) is 23.0 Å². The van der Waals surface area contributed by atoms with Crippen LogP contribution < -0.4 is 24.3 Å². The molecule has 0 bridgehead atoms. The fraction of sp³-hybridized carbons (Fsp3) is 0.440. The van der Waals surface area contributed by atoms with Gasteiger partial charge in [0.25, 0.3) is 0 Å². The fourth-order valence-corrected chi connectivity index (χ4v) is 4.06. The molecule has 9 nitrogen and oxygen atoms in total. The molecule has 2 aromatic carbocycles. The van der Waals surface area contributed by atoms with E-state index < -0.39 is 12.0 Å². The second kappa shape index (κ2) is 11.5. The largest absolute Gasteiger partial charge is 0.493 e. The third-order valence-corrected chi connectivity index (χ3v) is 5.65. The Morgan fingerprint density at radius 2 is 1.62 bits per heavy atom. The normalized spacial score (nSPS) is 14.6. The van der Waals surface area contributed by atoms with Crippen molar-refractivity contribution in [2.75, 3.05) is 46.4 Å². The fourth-order valence-electron chi connectivity index (χ4n) is 4.06. The number of hydrogen-bond donors (Lipinski definition) is 1. The van der Waals surface area contributed by atoms with Crippen LogP contribution in [0.4, 0.5) is 10.5 Å². The maximum atomic E-state index is 13.3. The van der Waals surface area contributed by atoms with Gasteiger partial charge in [-0.2, -0.15) is 0 Å². The molecule has 1 aliphatic heterocycles. The van der Waals surface area contributed by atoms with E-state index in [1.807, 2.05) is 26.0 Å². The van der Waals surface area contributed by atoms with E-state index in [4.69, 9.17) is 23.7 Å². The number of hydrogen-bond acceptors (Lipinski definition) is 7. The first-order valence-electron chi connectivity index (χ1n) is 11.2. The van der Waals surface area contributed by atoms with Crippen LogP contribution in [0.5, 0.6) is 23.0 Å². The molecule has 0 unspecified atom stereocenters. The molecule has 0 saturated heterocycles. The number of carbonyl (C=O) groups is 2. The van der Waals surface area contributed by atoms with Gasteiger partial charge in [0.1, 0.15) is 0 Å². The van der Waals surface area contributed by atoms with Crippen LogP contribution in [0, 0.1) is 0 Å². The van der Waals surface area contributed by atoms with E-state index in [0.29, 0.717) is 54.9 Å². The van der Waals surface area contributed by atoms with Gasteiger partial charge in [-0.25, -0.2) is 4.79 Å². The lowest BCUT2D eigenvalue weighted by molar-refractivity contribution is -0.141. The number of nitrogens with zero attached hydrogens (tertiary/aromatic N) is 1. The molecule has 1 aliphatic rings. The van der Waals surface area contributed by atoms with Crippen LogP contribution in [0.15, 0.2) is 30.3 Å². The number of fused-ring (bicyclic) bond motifs is 1. The number of esters is 1.